The molecular formula is C29H46O4. The maximum Gasteiger partial charge on any atom is 0.0811 e. The Balaban J connectivity index is 1.41. The van der Waals surface area contributed by atoms with Crippen LogP contribution in [0.1, 0.15) is 91.4 Å². The van der Waals surface area contributed by atoms with Crippen molar-refractivity contribution in [2.24, 2.45) is 22.7 Å². The summed E-state index contributed by atoms with van der Waals surface area (Å²) in [6.07, 6.45) is 14.9. The number of aliphatic hydroxyl groups excluding tert-OH is 2. The summed E-state index contributed by atoms with van der Waals surface area (Å²) in [5, 5.41) is 30.2. The first-order chi connectivity index (χ1) is 15.5. The number of ether oxygens (including phenoxy) is 1. The van der Waals surface area contributed by atoms with Crippen LogP contribution in [-0.2, 0) is 4.74 Å². The van der Waals surface area contributed by atoms with E-state index in [0.29, 0.717) is 29.6 Å². The van der Waals surface area contributed by atoms with Crippen LogP contribution in [0.15, 0.2) is 35.5 Å². The van der Waals surface area contributed by atoms with Gasteiger partial charge in [-0.3, -0.25) is 0 Å². The van der Waals surface area contributed by atoms with Gasteiger partial charge in [-0.15, -0.1) is 0 Å². The van der Waals surface area contributed by atoms with Crippen LogP contribution in [-0.4, -0.2) is 46.3 Å². The first-order valence-corrected chi connectivity index (χ1v) is 13.3. The topological polar surface area (TPSA) is 69.9 Å². The molecule has 3 N–H and O–H groups in total. The van der Waals surface area contributed by atoms with Gasteiger partial charge in [0, 0.05) is 13.0 Å². The second-order valence-corrected chi connectivity index (χ2v) is 12.4. The molecule has 0 aromatic heterocycles. The van der Waals surface area contributed by atoms with Crippen LogP contribution in [0.2, 0.25) is 0 Å². The van der Waals surface area contributed by atoms with Crippen molar-refractivity contribution in [3.05, 3.63) is 35.5 Å². The average molecular weight is 459 g/mol. The van der Waals surface area contributed by atoms with Crippen molar-refractivity contribution in [3.63, 3.8) is 0 Å². The molecule has 33 heavy (non-hydrogen) atoms. The Morgan fingerprint density at radius 1 is 1.15 bits per heavy atom. The zero-order valence-corrected chi connectivity index (χ0v) is 21.1. The highest BCUT2D eigenvalue weighted by Gasteiger charge is 2.61. The van der Waals surface area contributed by atoms with Crippen LogP contribution in [0.3, 0.4) is 0 Å². The average Bonchev–Trinajstić information content (AvgIpc) is 3.41. The Bertz CT molecular complexity index is 784. The maximum absolute atomic E-state index is 10.2. The molecule has 0 unspecified atom stereocenters. The van der Waals surface area contributed by atoms with E-state index < -0.39 is 17.8 Å². The summed E-state index contributed by atoms with van der Waals surface area (Å²) in [5.74, 6) is 1.36. The van der Waals surface area contributed by atoms with Crippen molar-refractivity contribution in [1.29, 1.82) is 0 Å². The third-order valence-corrected chi connectivity index (χ3v) is 9.33. The Morgan fingerprint density at radius 3 is 2.61 bits per heavy atom. The number of hydrogen-bond acceptors (Lipinski definition) is 4. The van der Waals surface area contributed by atoms with E-state index in [1.165, 1.54) is 38.5 Å². The summed E-state index contributed by atoms with van der Waals surface area (Å²) in [4.78, 5) is 0. The van der Waals surface area contributed by atoms with Gasteiger partial charge in [-0.1, -0.05) is 31.2 Å². The first-order valence-electron chi connectivity index (χ1n) is 13.3. The summed E-state index contributed by atoms with van der Waals surface area (Å²) in [6.45, 7) is 12.0. The predicted octanol–water partition coefficient (Wildman–Crippen LogP) is 5.48. The van der Waals surface area contributed by atoms with Gasteiger partial charge in [0.25, 0.3) is 0 Å². The van der Waals surface area contributed by atoms with Crippen LogP contribution >= 0.6 is 0 Å². The lowest BCUT2D eigenvalue weighted by Gasteiger charge is -2.45. The molecule has 0 bridgehead atoms. The van der Waals surface area contributed by atoms with Crippen molar-refractivity contribution in [1.82, 2.24) is 0 Å². The van der Waals surface area contributed by atoms with E-state index >= 15 is 0 Å². The number of hydrogen-bond donors (Lipinski definition) is 3. The summed E-state index contributed by atoms with van der Waals surface area (Å²) in [5.41, 5.74) is 3.45. The van der Waals surface area contributed by atoms with E-state index in [4.69, 9.17) is 4.74 Å². The highest BCUT2D eigenvalue weighted by molar-refractivity contribution is 5.38. The second kappa shape index (κ2) is 9.60. The van der Waals surface area contributed by atoms with Crippen molar-refractivity contribution in [2.45, 2.75) is 109 Å². The molecule has 4 aliphatic carbocycles. The fraction of sp³-hybridized carbons (Fsp3) is 0.793. The van der Waals surface area contributed by atoms with E-state index in [9.17, 15) is 15.3 Å². The number of fused-ring (bicyclic) bond motifs is 1. The van der Waals surface area contributed by atoms with E-state index in [1.807, 2.05) is 13.8 Å². The minimum absolute atomic E-state index is 0.345. The highest BCUT2D eigenvalue weighted by atomic mass is 16.5. The third kappa shape index (κ3) is 5.50. The van der Waals surface area contributed by atoms with Crippen LogP contribution in [0, 0.1) is 22.7 Å². The van der Waals surface area contributed by atoms with Gasteiger partial charge in [0.05, 0.1) is 24.4 Å². The molecule has 0 amide bonds. The fourth-order valence-corrected chi connectivity index (χ4v) is 7.35. The molecule has 4 fully saturated rings. The van der Waals surface area contributed by atoms with E-state index in [2.05, 4.69) is 25.7 Å². The standard InChI is InChI=1S/C29H46O4/c1-20-22(17-23(30)18-25(20)31)9-8-21-7-5-13-28(4)24(21)10-11-26(28)29(14-15-29)19-33-16-6-12-27(2,3)32/h8-9,23-26,30-32H,1,5-7,10-19H2,2-4H3/b21-8+,22-9-/t23-,24+,25+,26+,28+/m1/s1. The largest absolute Gasteiger partial charge is 0.393 e. The normalized spacial score (nSPS) is 38.7. The molecule has 4 heteroatoms. The maximum atomic E-state index is 10.2. The van der Waals surface area contributed by atoms with Crippen molar-refractivity contribution in [2.75, 3.05) is 13.2 Å². The van der Waals surface area contributed by atoms with Gasteiger partial charge in [0.2, 0.25) is 0 Å². The lowest BCUT2D eigenvalue weighted by atomic mass is 9.60. The van der Waals surface area contributed by atoms with Crippen molar-refractivity contribution < 1.29 is 20.1 Å². The Kier molecular flexibility index (Phi) is 7.32. The molecule has 4 aliphatic rings. The van der Waals surface area contributed by atoms with Crippen LogP contribution in [0.25, 0.3) is 0 Å². The summed E-state index contributed by atoms with van der Waals surface area (Å²) >= 11 is 0. The lowest BCUT2D eigenvalue weighted by molar-refractivity contribution is 0.00421. The Hall–Kier alpha value is -0.940. The van der Waals surface area contributed by atoms with Gasteiger partial charge in [-0.05, 0) is 112 Å². The van der Waals surface area contributed by atoms with Gasteiger partial charge in [0.15, 0.2) is 0 Å². The van der Waals surface area contributed by atoms with Crippen LogP contribution in [0.4, 0.5) is 0 Å². The minimum atomic E-state index is -0.621. The van der Waals surface area contributed by atoms with Gasteiger partial charge < -0.3 is 20.1 Å². The zero-order chi connectivity index (χ0) is 23.9. The van der Waals surface area contributed by atoms with Crippen LogP contribution in [0.5, 0.6) is 0 Å². The monoisotopic (exact) mass is 458 g/mol. The highest BCUT2D eigenvalue weighted by Crippen LogP contribution is 2.68. The smallest absolute Gasteiger partial charge is 0.0811 e. The number of aliphatic hydroxyl groups is 3. The summed E-state index contributed by atoms with van der Waals surface area (Å²) < 4.78 is 6.19. The second-order valence-electron chi connectivity index (χ2n) is 12.4. The first kappa shape index (κ1) is 25.2. The molecular weight excluding hydrogens is 412 g/mol. The minimum Gasteiger partial charge on any atom is -0.393 e. The lowest BCUT2D eigenvalue weighted by Crippen LogP contribution is -2.39. The molecule has 0 aliphatic heterocycles. The Labute approximate surface area is 200 Å². The van der Waals surface area contributed by atoms with Crippen LogP contribution < -0.4 is 0 Å². The molecule has 0 heterocycles. The molecule has 4 nitrogen and oxygen atoms in total. The van der Waals surface area contributed by atoms with E-state index in [0.717, 1.165) is 49.5 Å². The molecule has 0 spiro atoms. The van der Waals surface area contributed by atoms with Crippen molar-refractivity contribution >= 4 is 0 Å². The van der Waals surface area contributed by atoms with Gasteiger partial charge >= 0.3 is 0 Å². The van der Waals surface area contributed by atoms with Gasteiger partial charge in [-0.2, -0.15) is 0 Å². The third-order valence-electron chi connectivity index (χ3n) is 9.33. The fourth-order valence-electron chi connectivity index (χ4n) is 7.35. The molecule has 0 aromatic carbocycles. The van der Waals surface area contributed by atoms with Gasteiger partial charge in [0.1, 0.15) is 0 Å². The molecule has 5 atom stereocenters. The summed E-state index contributed by atoms with van der Waals surface area (Å²) in [6, 6.07) is 0. The molecule has 186 valence electrons. The predicted molar refractivity (Wildman–Crippen MR) is 133 cm³/mol. The van der Waals surface area contributed by atoms with E-state index in [-0.39, 0.29) is 0 Å². The number of allylic oxidation sites excluding steroid dienone is 3. The number of rotatable bonds is 8. The summed E-state index contributed by atoms with van der Waals surface area (Å²) in [7, 11) is 0. The molecule has 0 saturated heterocycles. The van der Waals surface area contributed by atoms with Crippen molar-refractivity contribution in [3.8, 4) is 0 Å². The molecule has 4 saturated carbocycles. The van der Waals surface area contributed by atoms with E-state index in [1.54, 1.807) is 5.57 Å². The SMILES string of the molecule is C=C1/C(=C\C=C2/CCC[C@]3(C)[C@@H](C4(COCCCC(C)(C)O)CC4)CC[C@@H]23)C[C@@H](O)C[C@@H]1O. The quantitative estimate of drug-likeness (QED) is 0.422. The molecule has 0 radical (unpaired) electrons. The zero-order valence-electron chi connectivity index (χ0n) is 21.1. The van der Waals surface area contributed by atoms with Gasteiger partial charge in [-0.25, -0.2) is 0 Å². The molecule has 4 rings (SSSR count). The Morgan fingerprint density at radius 2 is 1.91 bits per heavy atom. The molecule has 0 aromatic rings.